The predicted octanol–water partition coefficient (Wildman–Crippen LogP) is 1.27. The van der Waals surface area contributed by atoms with Gasteiger partial charge in [-0.3, -0.25) is 10.1 Å². The van der Waals surface area contributed by atoms with Crippen molar-refractivity contribution in [3.8, 4) is 0 Å². The van der Waals surface area contributed by atoms with Crippen LogP contribution in [0.15, 0.2) is 65.9 Å². The van der Waals surface area contributed by atoms with Crippen molar-refractivity contribution in [2.75, 3.05) is 0 Å². The van der Waals surface area contributed by atoms with Crippen LogP contribution in [0.3, 0.4) is 0 Å². The summed E-state index contributed by atoms with van der Waals surface area (Å²) in [6.07, 6.45) is 2.66. The van der Waals surface area contributed by atoms with Gasteiger partial charge in [0.15, 0.2) is 0 Å². The first-order chi connectivity index (χ1) is 11.5. The monoisotopic (exact) mass is 322 g/mol. The van der Waals surface area contributed by atoms with Crippen molar-refractivity contribution in [1.29, 1.82) is 0 Å². The summed E-state index contributed by atoms with van der Waals surface area (Å²) in [5.74, 6) is -1.15. The molecule has 2 N–H and O–H groups in total. The topological polar surface area (TPSA) is 107 Å². The lowest BCUT2D eigenvalue weighted by molar-refractivity contribution is -0.384. The summed E-state index contributed by atoms with van der Waals surface area (Å²) in [6, 6.07) is 12.3. The third-order valence-corrected chi connectivity index (χ3v) is 3.66. The fourth-order valence-corrected chi connectivity index (χ4v) is 2.50. The third kappa shape index (κ3) is 2.61. The van der Waals surface area contributed by atoms with E-state index >= 15 is 0 Å². The zero-order valence-corrected chi connectivity index (χ0v) is 12.3. The van der Waals surface area contributed by atoms with E-state index in [2.05, 4.69) is 0 Å². The maximum absolute atomic E-state index is 12.3. The van der Waals surface area contributed by atoms with Crippen molar-refractivity contribution < 1.29 is 20.2 Å². The van der Waals surface area contributed by atoms with Crippen LogP contribution in [-0.4, -0.2) is 15.1 Å². The maximum atomic E-state index is 12.3. The Morgan fingerprint density at radius 1 is 1.08 bits per heavy atom. The van der Waals surface area contributed by atoms with Crippen molar-refractivity contribution in [3.05, 3.63) is 92.1 Å². The molecule has 0 aromatic heterocycles. The van der Waals surface area contributed by atoms with Gasteiger partial charge in [0.25, 0.3) is 5.69 Å². The summed E-state index contributed by atoms with van der Waals surface area (Å²) >= 11 is 0. The minimum atomic E-state index is -0.521. The van der Waals surface area contributed by atoms with Gasteiger partial charge >= 0.3 is 0 Å². The Labute approximate surface area is 136 Å². The van der Waals surface area contributed by atoms with Gasteiger partial charge in [0, 0.05) is 17.4 Å². The molecule has 0 heterocycles. The summed E-state index contributed by atoms with van der Waals surface area (Å²) < 4.78 is 0. The van der Waals surface area contributed by atoms with Crippen molar-refractivity contribution in [2.24, 2.45) is 0 Å². The van der Waals surface area contributed by atoms with Crippen LogP contribution in [0.2, 0.25) is 0 Å². The van der Waals surface area contributed by atoms with E-state index in [0.717, 1.165) is 0 Å². The molecule has 6 heteroatoms. The van der Waals surface area contributed by atoms with Crippen molar-refractivity contribution in [1.82, 2.24) is 0 Å². The van der Waals surface area contributed by atoms with Gasteiger partial charge in [-0.25, -0.2) is 0 Å². The molecule has 0 unspecified atom stereocenters. The van der Waals surface area contributed by atoms with Crippen LogP contribution in [0.5, 0.6) is 0 Å². The Hall–Kier alpha value is -3.54. The first-order valence-corrected chi connectivity index (χ1v) is 7.05. The summed E-state index contributed by atoms with van der Waals surface area (Å²) in [7, 11) is 0. The minimum absolute atomic E-state index is 0.0805. The quantitative estimate of drug-likeness (QED) is 0.503. The number of hydrogen-bond acceptors (Lipinski definition) is 5. The Bertz CT molecular complexity index is 975. The molecule has 2 aromatic carbocycles. The molecule has 0 radical (unpaired) electrons. The Morgan fingerprint density at radius 2 is 1.79 bits per heavy atom. The highest BCUT2D eigenvalue weighted by Crippen LogP contribution is 2.21. The van der Waals surface area contributed by atoms with E-state index in [0.29, 0.717) is 16.0 Å². The molecule has 0 saturated carbocycles. The number of nitro groups is 1. The van der Waals surface area contributed by atoms with Crippen LogP contribution in [0.1, 0.15) is 5.56 Å². The molecule has 0 bridgehead atoms. The normalized spacial score (nSPS) is 15.7. The summed E-state index contributed by atoms with van der Waals surface area (Å²) in [5.41, 5.74) is 0.222. The molecule has 6 nitrogen and oxygen atoms in total. The number of hydrogen-bond donors (Lipinski definition) is 2. The van der Waals surface area contributed by atoms with E-state index in [9.17, 15) is 25.4 Å². The number of aliphatic hydroxyl groups is 2. The molecular weight excluding hydrogens is 310 g/mol. The molecule has 0 fully saturated rings. The molecule has 0 spiro atoms. The van der Waals surface area contributed by atoms with Gasteiger partial charge in [-0.1, -0.05) is 48.2 Å². The largest absolute Gasteiger partial charge is 0.871 e. The number of allylic oxidation sites excluding steroid dienone is 1. The Morgan fingerprint density at radius 3 is 2.46 bits per heavy atom. The summed E-state index contributed by atoms with van der Waals surface area (Å²) in [6.45, 7) is 0. The van der Waals surface area contributed by atoms with E-state index in [-0.39, 0.29) is 17.0 Å². The predicted molar refractivity (Wildman–Crippen MR) is 86.9 cm³/mol. The fraction of sp³-hybridized carbons (Fsp3) is 0. The van der Waals surface area contributed by atoms with Gasteiger partial charge in [0.2, 0.25) is 0 Å². The molecule has 120 valence electrons. The van der Waals surface area contributed by atoms with Crippen LogP contribution >= 0.6 is 0 Å². The Kier molecular flexibility index (Phi) is 3.79. The highest BCUT2D eigenvalue weighted by atomic mass is 16.6. The van der Waals surface area contributed by atoms with Crippen molar-refractivity contribution >= 4 is 23.3 Å². The number of aliphatic hydroxyl groups excluding tert-OH is 2. The number of non-ortho nitro benzene ring substituents is 1. The molecule has 2 aromatic rings. The molecule has 1 aliphatic rings. The lowest BCUT2D eigenvalue weighted by Gasteiger charge is -2.12. The Balaban J connectivity index is 2.02. The zero-order valence-electron chi connectivity index (χ0n) is 12.3. The molecule has 1 aliphatic carbocycles. The van der Waals surface area contributed by atoms with E-state index in [1.54, 1.807) is 30.3 Å². The second-order valence-electron chi connectivity index (χ2n) is 5.17. The van der Waals surface area contributed by atoms with Gasteiger partial charge in [-0.05, 0) is 16.9 Å². The molecule has 0 saturated heterocycles. The van der Waals surface area contributed by atoms with Gasteiger partial charge in [0.1, 0.15) is 11.5 Å². The number of fused-ring (bicyclic) bond motifs is 1. The number of nitrogens with zero attached hydrogens (tertiary/aromatic N) is 1. The zero-order chi connectivity index (χ0) is 17.3. The summed E-state index contributed by atoms with van der Waals surface area (Å²) in [4.78, 5) is 10.2. The fourth-order valence-electron chi connectivity index (χ4n) is 2.50. The van der Waals surface area contributed by atoms with Gasteiger partial charge in [0.05, 0.1) is 10.5 Å². The molecule has 24 heavy (non-hydrogen) atoms. The SMILES string of the molecule is O=[N+]([O-])c1cccc(C=CC(O)=C2C([O-])=c3ccccc3=C2O)c1. The van der Waals surface area contributed by atoms with Crippen LogP contribution < -0.4 is 15.5 Å². The highest BCUT2D eigenvalue weighted by Gasteiger charge is 2.16. The average Bonchev–Trinajstić information content (AvgIpc) is 2.84. The van der Waals surface area contributed by atoms with Gasteiger partial charge in [-0.15, -0.1) is 0 Å². The first kappa shape index (κ1) is 15.4. The molecular formula is C18H12NO5-. The molecule has 3 rings (SSSR count). The second-order valence-corrected chi connectivity index (χ2v) is 5.17. The lowest BCUT2D eigenvalue weighted by atomic mass is 10.1. The molecule has 0 aliphatic heterocycles. The van der Waals surface area contributed by atoms with E-state index < -0.39 is 16.4 Å². The molecule has 0 atom stereocenters. The third-order valence-electron chi connectivity index (χ3n) is 3.66. The molecule has 0 amide bonds. The van der Waals surface area contributed by atoms with E-state index in [1.807, 2.05) is 0 Å². The lowest BCUT2D eigenvalue weighted by Crippen LogP contribution is -2.26. The van der Waals surface area contributed by atoms with Crippen molar-refractivity contribution in [3.63, 3.8) is 0 Å². The minimum Gasteiger partial charge on any atom is -0.871 e. The second kappa shape index (κ2) is 5.92. The first-order valence-electron chi connectivity index (χ1n) is 7.05. The number of nitro benzene ring substituents is 1. The number of rotatable bonds is 3. The van der Waals surface area contributed by atoms with Gasteiger partial charge in [-0.2, -0.15) is 0 Å². The van der Waals surface area contributed by atoms with Crippen LogP contribution in [0.4, 0.5) is 5.69 Å². The van der Waals surface area contributed by atoms with Crippen LogP contribution in [0, 0.1) is 10.1 Å². The smallest absolute Gasteiger partial charge is 0.270 e. The van der Waals surface area contributed by atoms with E-state index in [4.69, 9.17) is 0 Å². The summed E-state index contributed by atoms with van der Waals surface area (Å²) in [5, 5.41) is 44.0. The average molecular weight is 322 g/mol. The van der Waals surface area contributed by atoms with Crippen LogP contribution in [-0.2, 0) is 0 Å². The van der Waals surface area contributed by atoms with Crippen LogP contribution in [0.25, 0.3) is 17.6 Å². The van der Waals surface area contributed by atoms with Crippen molar-refractivity contribution in [2.45, 2.75) is 0 Å². The van der Waals surface area contributed by atoms with Gasteiger partial charge < -0.3 is 15.3 Å². The standard InChI is InChI=1S/C18H13NO5/c20-15(9-8-11-4-3-5-12(10-11)19(23)24)16-17(21)13-6-1-2-7-14(13)18(16)22/h1-10,20-22H/p-1. The number of benzene rings is 2. The highest BCUT2D eigenvalue weighted by molar-refractivity contribution is 5.83. The van der Waals surface area contributed by atoms with E-state index in [1.165, 1.54) is 30.4 Å². The maximum Gasteiger partial charge on any atom is 0.270 e.